The Bertz CT molecular complexity index is 760. The van der Waals surface area contributed by atoms with Gasteiger partial charge in [-0.15, -0.1) is 0 Å². The van der Waals surface area contributed by atoms with Crippen LogP contribution in [-0.2, 0) is 16.1 Å². The van der Waals surface area contributed by atoms with Gasteiger partial charge >= 0.3 is 0 Å². The summed E-state index contributed by atoms with van der Waals surface area (Å²) in [7, 11) is 1.60. The van der Waals surface area contributed by atoms with Gasteiger partial charge in [0.05, 0.1) is 11.8 Å². The van der Waals surface area contributed by atoms with Gasteiger partial charge in [0.15, 0.2) is 0 Å². The van der Waals surface area contributed by atoms with E-state index < -0.39 is 0 Å². The molecule has 4 rings (SSSR count). The van der Waals surface area contributed by atoms with Crippen LogP contribution in [0.15, 0.2) is 60.7 Å². The minimum atomic E-state index is -0.270. The molecule has 0 aromatic heterocycles. The molecule has 4 heteroatoms. The molecule has 0 radical (unpaired) electrons. The van der Waals surface area contributed by atoms with Crippen LogP contribution in [0.2, 0.25) is 0 Å². The summed E-state index contributed by atoms with van der Waals surface area (Å²) in [6.45, 7) is 1.38. The fourth-order valence-electron chi connectivity index (χ4n) is 4.10. The van der Waals surface area contributed by atoms with E-state index in [9.17, 15) is 9.59 Å². The largest absolute Gasteiger partial charge is 0.290 e. The highest BCUT2D eigenvalue weighted by atomic mass is 16.2. The molecule has 2 fully saturated rings. The van der Waals surface area contributed by atoms with Gasteiger partial charge in [0.1, 0.15) is 0 Å². The molecule has 2 aromatic carbocycles. The van der Waals surface area contributed by atoms with E-state index in [0.717, 1.165) is 12.1 Å². The predicted octanol–water partition coefficient (Wildman–Crippen LogP) is 2.47. The molecule has 0 N–H and O–H groups in total. The zero-order valence-electron chi connectivity index (χ0n) is 13.6. The Morgan fingerprint density at radius 3 is 2.21 bits per heavy atom. The monoisotopic (exact) mass is 320 g/mol. The van der Waals surface area contributed by atoms with Gasteiger partial charge in [-0.1, -0.05) is 60.7 Å². The average Bonchev–Trinajstić information content (AvgIpc) is 3.08. The number of hydrogen-bond donors (Lipinski definition) is 0. The van der Waals surface area contributed by atoms with Crippen molar-refractivity contribution in [2.45, 2.75) is 12.6 Å². The van der Waals surface area contributed by atoms with E-state index in [4.69, 9.17) is 0 Å². The molecule has 0 spiro atoms. The molecule has 2 aliphatic rings. The van der Waals surface area contributed by atoms with Gasteiger partial charge < -0.3 is 0 Å². The fraction of sp³-hybridized carbons (Fsp3) is 0.300. The first-order valence-electron chi connectivity index (χ1n) is 8.31. The van der Waals surface area contributed by atoms with Gasteiger partial charge in [0.2, 0.25) is 11.8 Å². The lowest BCUT2D eigenvalue weighted by Gasteiger charge is -2.28. The number of carbonyl (C=O) groups excluding carboxylic acids is 2. The number of rotatable bonds is 3. The Labute approximate surface area is 141 Å². The number of imide groups is 1. The molecule has 4 nitrogen and oxygen atoms in total. The van der Waals surface area contributed by atoms with Crippen LogP contribution in [0.1, 0.15) is 17.2 Å². The van der Waals surface area contributed by atoms with Crippen molar-refractivity contribution in [3.8, 4) is 0 Å². The maximum Gasteiger partial charge on any atom is 0.234 e. The van der Waals surface area contributed by atoms with Crippen molar-refractivity contribution in [3.05, 3.63) is 71.8 Å². The third-order valence-electron chi connectivity index (χ3n) is 5.23. The summed E-state index contributed by atoms with van der Waals surface area (Å²) in [6.07, 6.45) is 0. The molecule has 2 aliphatic heterocycles. The van der Waals surface area contributed by atoms with Crippen molar-refractivity contribution in [1.82, 2.24) is 9.80 Å². The maximum atomic E-state index is 12.7. The molecule has 2 saturated heterocycles. The minimum Gasteiger partial charge on any atom is -0.290 e. The SMILES string of the molecule is CN1C(=O)[C@@H]2[C@@H](CN(Cc3ccccc3)[C@H]2c2ccccc2)C1=O. The highest BCUT2D eigenvalue weighted by Gasteiger charge is 2.56. The van der Waals surface area contributed by atoms with Crippen LogP contribution in [0, 0.1) is 11.8 Å². The molecule has 0 unspecified atom stereocenters. The summed E-state index contributed by atoms with van der Waals surface area (Å²) >= 11 is 0. The topological polar surface area (TPSA) is 40.6 Å². The van der Waals surface area contributed by atoms with Gasteiger partial charge in [0.25, 0.3) is 0 Å². The first-order valence-corrected chi connectivity index (χ1v) is 8.31. The predicted molar refractivity (Wildman–Crippen MR) is 90.8 cm³/mol. The number of likely N-dealkylation sites (tertiary alicyclic amines) is 2. The van der Waals surface area contributed by atoms with Crippen molar-refractivity contribution in [1.29, 1.82) is 0 Å². The molecule has 2 heterocycles. The smallest absolute Gasteiger partial charge is 0.234 e. The van der Waals surface area contributed by atoms with Gasteiger partial charge in [-0.05, 0) is 11.1 Å². The summed E-state index contributed by atoms with van der Waals surface area (Å²) < 4.78 is 0. The summed E-state index contributed by atoms with van der Waals surface area (Å²) in [5.74, 6) is -0.582. The maximum absolute atomic E-state index is 12.7. The highest BCUT2D eigenvalue weighted by Crippen LogP contribution is 2.46. The molecular weight excluding hydrogens is 300 g/mol. The molecule has 0 saturated carbocycles. The van der Waals surface area contributed by atoms with E-state index >= 15 is 0 Å². The molecule has 0 bridgehead atoms. The van der Waals surface area contributed by atoms with Crippen molar-refractivity contribution in [2.75, 3.05) is 13.6 Å². The molecule has 2 aromatic rings. The van der Waals surface area contributed by atoms with Crippen LogP contribution in [-0.4, -0.2) is 35.2 Å². The zero-order chi connectivity index (χ0) is 16.7. The second-order valence-electron chi connectivity index (χ2n) is 6.64. The Kier molecular flexibility index (Phi) is 3.69. The first-order chi connectivity index (χ1) is 11.7. The summed E-state index contributed by atoms with van der Waals surface area (Å²) in [5.41, 5.74) is 2.31. The summed E-state index contributed by atoms with van der Waals surface area (Å²) in [6, 6.07) is 20.3. The fourth-order valence-corrected chi connectivity index (χ4v) is 4.10. The molecule has 2 amide bonds. The lowest BCUT2D eigenvalue weighted by Crippen LogP contribution is -2.34. The summed E-state index contributed by atoms with van der Waals surface area (Å²) in [5, 5.41) is 0. The Hall–Kier alpha value is -2.46. The van der Waals surface area contributed by atoms with E-state index in [1.165, 1.54) is 10.5 Å². The molecule has 122 valence electrons. The van der Waals surface area contributed by atoms with Crippen LogP contribution in [0.25, 0.3) is 0 Å². The van der Waals surface area contributed by atoms with Crippen LogP contribution in [0.4, 0.5) is 0 Å². The lowest BCUT2D eigenvalue weighted by atomic mass is 9.89. The standard InChI is InChI=1S/C20H20N2O2/c1-21-19(23)16-13-22(12-14-8-4-2-5-9-14)18(17(16)20(21)24)15-10-6-3-7-11-15/h2-11,16-18H,12-13H2,1H3/t16-,17-,18+/m1/s1. The van der Waals surface area contributed by atoms with Crippen LogP contribution in [0.3, 0.4) is 0 Å². The minimum absolute atomic E-state index is 0.0403. The van der Waals surface area contributed by atoms with E-state index in [2.05, 4.69) is 29.2 Å². The van der Waals surface area contributed by atoms with Gasteiger partial charge in [-0.3, -0.25) is 19.4 Å². The third kappa shape index (κ3) is 2.34. The molecule has 3 atom stereocenters. The number of carbonyl (C=O) groups is 2. The van der Waals surface area contributed by atoms with Crippen LogP contribution in [0.5, 0.6) is 0 Å². The van der Waals surface area contributed by atoms with E-state index in [1.54, 1.807) is 7.05 Å². The summed E-state index contributed by atoms with van der Waals surface area (Å²) in [4.78, 5) is 28.7. The number of fused-ring (bicyclic) bond motifs is 1. The van der Waals surface area contributed by atoms with Crippen molar-refractivity contribution in [3.63, 3.8) is 0 Å². The zero-order valence-corrected chi connectivity index (χ0v) is 13.6. The molecule has 0 aliphatic carbocycles. The lowest BCUT2D eigenvalue weighted by molar-refractivity contribution is -0.139. The van der Waals surface area contributed by atoms with E-state index in [1.807, 2.05) is 36.4 Å². The van der Waals surface area contributed by atoms with E-state index in [-0.39, 0.29) is 29.7 Å². The van der Waals surface area contributed by atoms with Gasteiger partial charge in [-0.25, -0.2) is 0 Å². The highest BCUT2D eigenvalue weighted by molar-refractivity contribution is 6.05. The second kappa shape index (κ2) is 5.87. The number of amides is 2. The van der Waals surface area contributed by atoms with Crippen molar-refractivity contribution in [2.24, 2.45) is 11.8 Å². The van der Waals surface area contributed by atoms with Gasteiger partial charge in [-0.2, -0.15) is 0 Å². The Balaban J connectivity index is 1.71. The number of benzene rings is 2. The normalized spacial score (nSPS) is 26.9. The van der Waals surface area contributed by atoms with Crippen LogP contribution >= 0.6 is 0 Å². The Morgan fingerprint density at radius 2 is 1.54 bits per heavy atom. The molecular formula is C20H20N2O2. The first kappa shape index (κ1) is 15.1. The average molecular weight is 320 g/mol. The quantitative estimate of drug-likeness (QED) is 0.816. The van der Waals surface area contributed by atoms with E-state index in [0.29, 0.717) is 6.54 Å². The second-order valence-corrected chi connectivity index (χ2v) is 6.64. The van der Waals surface area contributed by atoms with Gasteiger partial charge in [0, 0.05) is 26.2 Å². The van der Waals surface area contributed by atoms with Crippen molar-refractivity contribution >= 4 is 11.8 Å². The number of nitrogens with zero attached hydrogens (tertiary/aromatic N) is 2. The van der Waals surface area contributed by atoms with Crippen LogP contribution < -0.4 is 0 Å². The molecule has 24 heavy (non-hydrogen) atoms. The Morgan fingerprint density at radius 1 is 0.917 bits per heavy atom. The van der Waals surface area contributed by atoms with Crippen molar-refractivity contribution < 1.29 is 9.59 Å². The third-order valence-corrected chi connectivity index (χ3v) is 5.23. The number of hydrogen-bond acceptors (Lipinski definition) is 3.